The predicted octanol–water partition coefficient (Wildman–Crippen LogP) is -1.56. The summed E-state index contributed by atoms with van der Waals surface area (Å²) in [7, 11) is 0. The number of hydrogen-bond acceptors (Lipinski definition) is 7. The molecule has 0 aliphatic carbocycles. The van der Waals surface area contributed by atoms with E-state index in [9.17, 15) is 20.1 Å². The van der Waals surface area contributed by atoms with Crippen LogP contribution in [0.25, 0.3) is 0 Å². The Morgan fingerprint density at radius 1 is 1.15 bits per heavy atom. The van der Waals surface area contributed by atoms with Gasteiger partial charge < -0.3 is 35.0 Å². The van der Waals surface area contributed by atoms with Gasteiger partial charge in [-0.2, -0.15) is 0 Å². The normalized spacial score (nSPS) is 37.4. The van der Waals surface area contributed by atoms with E-state index in [4.69, 9.17) is 19.7 Å². The fourth-order valence-corrected chi connectivity index (χ4v) is 1.94. The molecule has 2 unspecified atom stereocenters. The zero-order valence-electron chi connectivity index (χ0n) is 11.4. The molecule has 1 aliphatic heterocycles. The van der Waals surface area contributed by atoms with Gasteiger partial charge in [0.2, 0.25) is 0 Å². The van der Waals surface area contributed by atoms with E-state index in [1.165, 1.54) is 0 Å². The molecule has 0 aromatic rings. The lowest BCUT2D eigenvalue weighted by atomic mass is 9.99. The van der Waals surface area contributed by atoms with Gasteiger partial charge in [0, 0.05) is 0 Å². The Morgan fingerprint density at radius 2 is 1.75 bits per heavy atom. The first kappa shape index (κ1) is 17.3. The number of aliphatic carboxylic acids is 1. The van der Waals surface area contributed by atoms with Crippen molar-refractivity contribution in [3.63, 3.8) is 0 Å². The van der Waals surface area contributed by atoms with Crippen molar-refractivity contribution in [3.8, 4) is 0 Å². The number of carboxylic acid groups (broad SMARTS) is 1. The Labute approximate surface area is 116 Å². The van der Waals surface area contributed by atoms with Crippen LogP contribution in [-0.2, 0) is 14.3 Å². The molecule has 0 spiro atoms. The Balaban J connectivity index is 2.61. The highest BCUT2D eigenvalue weighted by Gasteiger charge is 2.47. The molecule has 0 bridgehead atoms. The van der Waals surface area contributed by atoms with Crippen LogP contribution in [0.15, 0.2) is 0 Å². The first-order valence-electron chi connectivity index (χ1n) is 6.50. The quantitative estimate of drug-likeness (QED) is 0.397. The molecule has 8 heteroatoms. The molecule has 1 rings (SSSR count). The predicted molar refractivity (Wildman–Crippen MR) is 65.8 cm³/mol. The van der Waals surface area contributed by atoms with Crippen LogP contribution in [0.1, 0.15) is 26.7 Å². The molecule has 20 heavy (non-hydrogen) atoms. The zero-order valence-corrected chi connectivity index (χ0v) is 11.4. The fourth-order valence-electron chi connectivity index (χ4n) is 1.94. The van der Waals surface area contributed by atoms with Crippen molar-refractivity contribution in [2.45, 2.75) is 69.6 Å². The van der Waals surface area contributed by atoms with Gasteiger partial charge in [0.1, 0.15) is 18.3 Å². The monoisotopic (exact) mass is 294 g/mol. The summed E-state index contributed by atoms with van der Waals surface area (Å²) in [6.07, 6.45) is -7.93. The Morgan fingerprint density at radius 3 is 2.25 bits per heavy atom. The second kappa shape index (κ2) is 7.30. The van der Waals surface area contributed by atoms with E-state index in [-0.39, 0.29) is 0 Å². The van der Waals surface area contributed by atoms with Crippen LogP contribution in [0, 0.1) is 0 Å². The van der Waals surface area contributed by atoms with Crippen molar-refractivity contribution in [1.29, 1.82) is 0 Å². The van der Waals surface area contributed by atoms with Crippen molar-refractivity contribution in [2.24, 2.45) is 0 Å². The van der Waals surface area contributed by atoms with Crippen molar-refractivity contribution >= 4 is 5.97 Å². The molecular formula is C12H22O8. The van der Waals surface area contributed by atoms with Gasteiger partial charge in [-0.25, -0.2) is 4.79 Å². The molecule has 1 heterocycles. The largest absolute Gasteiger partial charge is 0.479 e. The molecule has 0 aromatic carbocycles. The van der Waals surface area contributed by atoms with E-state index < -0.39 is 48.9 Å². The van der Waals surface area contributed by atoms with Gasteiger partial charge in [0.25, 0.3) is 0 Å². The SMILES string of the molecule is CC(O)CCC(C)O[C@@H]1O[C@H](C(=O)O)[C@@H](O)[C@H](O)[C@H]1O. The minimum absolute atomic E-state index is 0.416. The summed E-state index contributed by atoms with van der Waals surface area (Å²) in [4.78, 5) is 10.9. The van der Waals surface area contributed by atoms with Gasteiger partial charge in [-0.1, -0.05) is 0 Å². The smallest absolute Gasteiger partial charge is 0.335 e. The maximum atomic E-state index is 10.9. The number of carbonyl (C=O) groups is 1. The maximum Gasteiger partial charge on any atom is 0.335 e. The second-order valence-corrected chi connectivity index (χ2v) is 5.11. The number of carboxylic acids is 1. The lowest BCUT2D eigenvalue weighted by Crippen LogP contribution is -2.60. The number of hydrogen-bond donors (Lipinski definition) is 5. The zero-order chi connectivity index (χ0) is 15.4. The average molecular weight is 294 g/mol. The van der Waals surface area contributed by atoms with E-state index in [1.54, 1.807) is 13.8 Å². The van der Waals surface area contributed by atoms with Crippen LogP contribution in [0.3, 0.4) is 0 Å². The van der Waals surface area contributed by atoms with Crippen molar-refractivity contribution < 1.29 is 39.8 Å². The number of ether oxygens (including phenoxy) is 2. The van der Waals surface area contributed by atoms with Crippen molar-refractivity contribution in [1.82, 2.24) is 0 Å². The van der Waals surface area contributed by atoms with E-state index in [2.05, 4.69) is 0 Å². The molecule has 0 aromatic heterocycles. The summed E-state index contributed by atoms with van der Waals surface area (Å²) >= 11 is 0. The van der Waals surface area contributed by atoms with Gasteiger partial charge in [-0.05, 0) is 26.7 Å². The number of aliphatic hydroxyl groups is 4. The van der Waals surface area contributed by atoms with Crippen LogP contribution in [-0.4, -0.2) is 74.4 Å². The van der Waals surface area contributed by atoms with Gasteiger partial charge in [0.15, 0.2) is 12.4 Å². The summed E-state index contributed by atoms with van der Waals surface area (Å²) in [6, 6.07) is 0. The summed E-state index contributed by atoms with van der Waals surface area (Å²) < 4.78 is 10.3. The third-order valence-electron chi connectivity index (χ3n) is 3.17. The minimum Gasteiger partial charge on any atom is -0.479 e. The molecule has 8 nitrogen and oxygen atoms in total. The maximum absolute atomic E-state index is 10.9. The van der Waals surface area contributed by atoms with Gasteiger partial charge in [0.05, 0.1) is 12.2 Å². The van der Waals surface area contributed by atoms with Crippen LogP contribution >= 0.6 is 0 Å². The van der Waals surface area contributed by atoms with Crippen LogP contribution in [0.5, 0.6) is 0 Å². The summed E-state index contributed by atoms with van der Waals surface area (Å²) in [5, 5.41) is 46.9. The van der Waals surface area contributed by atoms with Crippen LogP contribution < -0.4 is 0 Å². The number of rotatable bonds is 6. The van der Waals surface area contributed by atoms with Crippen molar-refractivity contribution in [3.05, 3.63) is 0 Å². The molecule has 7 atom stereocenters. The van der Waals surface area contributed by atoms with Crippen molar-refractivity contribution in [2.75, 3.05) is 0 Å². The highest BCUT2D eigenvalue weighted by atomic mass is 16.7. The third kappa shape index (κ3) is 4.37. The first-order chi connectivity index (χ1) is 9.23. The average Bonchev–Trinajstić information content (AvgIpc) is 2.36. The Kier molecular flexibility index (Phi) is 6.31. The summed E-state index contributed by atoms with van der Waals surface area (Å²) in [5.74, 6) is -1.45. The molecule has 0 saturated carbocycles. The molecule has 0 amide bonds. The number of aliphatic hydroxyl groups excluding tert-OH is 4. The highest BCUT2D eigenvalue weighted by Crippen LogP contribution is 2.24. The summed E-state index contributed by atoms with van der Waals surface area (Å²) in [5.41, 5.74) is 0. The molecule has 1 aliphatic rings. The summed E-state index contributed by atoms with van der Waals surface area (Å²) in [6.45, 7) is 3.30. The lowest BCUT2D eigenvalue weighted by molar-refractivity contribution is -0.303. The van der Waals surface area contributed by atoms with E-state index in [1.807, 2.05) is 0 Å². The van der Waals surface area contributed by atoms with Gasteiger partial charge >= 0.3 is 5.97 Å². The van der Waals surface area contributed by atoms with Crippen LogP contribution in [0.4, 0.5) is 0 Å². The molecule has 1 fully saturated rings. The third-order valence-corrected chi connectivity index (χ3v) is 3.17. The van der Waals surface area contributed by atoms with E-state index >= 15 is 0 Å². The van der Waals surface area contributed by atoms with Crippen LogP contribution in [0.2, 0.25) is 0 Å². The second-order valence-electron chi connectivity index (χ2n) is 5.11. The molecule has 0 radical (unpaired) electrons. The Hall–Kier alpha value is -0.770. The van der Waals surface area contributed by atoms with Gasteiger partial charge in [-0.15, -0.1) is 0 Å². The van der Waals surface area contributed by atoms with E-state index in [0.717, 1.165) is 0 Å². The standard InChI is InChI=1S/C12H22O8/c1-5(13)3-4-6(2)19-12-9(16)7(14)8(15)10(20-12)11(17)18/h5-10,12-16H,3-4H2,1-2H3,(H,17,18)/t5?,6?,7-,8-,9+,10-,12+/m0/s1. The lowest BCUT2D eigenvalue weighted by Gasteiger charge is -2.39. The topological polar surface area (TPSA) is 137 Å². The molecule has 118 valence electrons. The van der Waals surface area contributed by atoms with Gasteiger partial charge in [-0.3, -0.25) is 0 Å². The first-order valence-corrected chi connectivity index (χ1v) is 6.50. The van der Waals surface area contributed by atoms with E-state index in [0.29, 0.717) is 12.8 Å². The molecule has 5 N–H and O–H groups in total. The Bertz CT molecular complexity index is 321. The highest BCUT2D eigenvalue weighted by molar-refractivity contribution is 5.73. The minimum atomic E-state index is -1.73. The fraction of sp³-hybridized carbons (Fsp3) is 0.917. The molecule has 1 saturated heterocycles. The molecular weight excluding hydrogens is 272 g/mol.